The van der Waals surface area contributed by atoms with E-state index in [4.69, 9.17) is 18.9 Å². The average molecular weight is 519 g/mol. The molecule has 4 rings (SSSR count). The van der Waals surface area contributed by atoms with Gasteiger partial charge >= 0.3 is 11.9 Å². The maximum Gasteiger partial charge on any atom is 0.332 e. The Balaban J connectivity index is 1.48. The van der Waals surface area contributed by atoms with Gasteiger partial charge in [0.1, 0.15) is 13.2 Å². The molecule has 9 heteroatoms. The smallest absolute Gasteiger partial charge is 0.332 e. The van der Waals surface area contributed by atoms with Gasteiger partial charge in [0.05, 0.1) is 19.1 Å². The number of pyridine rings is 1. The third-order valence-electron chi connectivity index (χ3n) is 6.10. The predicted molar refractivity (Wildman–Crippen MR) is 138 cm³/mol. The molecule has 1 aliphatic rings. The highest BCUT2D eigenvalue weighted by atomic mass is 16.6. The summed E-state index contributed by atoms with van der Waals surface area (Å²) in [7, 11) is 1.45. The molecule has 9 nitrogen and oxygen atoms in total. The van der Waals surface area contributed by atoms with Crippen molar-refractivity contribution < 1.29 is 33.3 Å². The summed E-state index contributed by atoms with van der Waals surface area (Å²) in [5, 5.41) is 2.59. The van der Waals surface area contributed by atoms with Crippen molar-refractivity contribution in [3.8, 4) is 11.5 Å². The minimum absolute atomic E-state index is 0.0747. The Kier molecular flexibility index (Phi) is 8.92. The lowest BCUT2D eigenvalue weighted by atomic mass is 9.94. The van der Waals surface area contributed by atoms with Gasteiger partial charge in [0.2, 0.25) is 0 Å². The van der Waals surface area contributed by atoms with Gasteiger partial charge in [-0.2, -0.15) is 0 Å². The molecule has 0 aliphatic carbocycles. The molecule has 1 N–H and O–H groups in total. The largest absolute Gasteiger partial charge is 0.493 e. The number of benzene rings is 2. The van der Waals surface area contributed by atoms with E-state index in [9.17, 15) is 14.4 Å². The highest BCUT2D eigenvalue weighted by molar-refractivity contribution is 5.98. The molecule has 38 heavy (non-hydrogen) atoms. The van der Waals surface area contributed by atoms with Crippen molar-refractivity contribution in [3.63, 3.8) is 0 Å². The highest BCUT2D eigenvalue weighted by Crippen LogP contribution is 2.30. The Bertz CT molecular complexity index is 1250. The molecule has 3 aromatic rings. The number of nitrogens with one attached hydrogen (secondary N) is 1. The van der Waals surface area contributed by atoms with E-state index in [1.807, 2.05) is 60.7 Å². The number of aromatic nitrogens is 1. The maximum absolute atomic E-state index is 13.3. The van der Waals surface area contributed by atoms with Crippen molar-refractivity contribution in [2.24, 2.45) is 5.92 Å². The molecule has 1 aliphatic heterocycles. The predicted octanol–water partition coefficient (Wildman–Crippen LogP) is 3.51. The SMILES string of the molecule is COc1ccnc(C(=O)N[C@H]2COC(=O)[C@@H](Cc3ccccc3)C[C@H](C)OC2=O)c1OCc1ccccc1. The van der Waals surface area contributed by atoms with Gasteiger partial charge in [-0.3, -0.25) is 9.59 Å². The molecule has 1 fully saturated rings. The monoisotopic (exact) mass is 518 g/mol. The molecule has 0 saturated carbocycles. The van der Waals surface area contributed by atoms with E-state index in [1.54, 1.807) is 13.0 Å². The number of carbonyl (C=O) groups excluding carboxylic acids is 3. The summed E-state index contributed by atoms with van der Waals surface area (Å²) in [5.41, 5.74) is 1.79. The first-order chi connectivity index (χ1) is 18.4. The number of nitrogens with zero attached hydrogens (tertiary/aromatic N) is 1. The maximum atomic E-state index is 13.3. The van der Waals surface area contributed by atoms with Gasteiger partial charge in [0.25, 0.3) is 5.91 Å². The third kappa shape index (κ3) is 6.88. The van der Waals surface area contributed by atoms with Crippen LogP contribution in [0.1, 0.15) is 35.0 Å². The zero-order chi connectivity index (χ0) is 26.9. The Morgan fingerprint density at radius 3 is 2.37 bits per heavy atom. The lowest BCUT2D eigenvalue weighted by molar-refractivity contribution is -0.152. The van der Waals surface area contributed by atoms with Crippen molar-refractivity contribution in [1.82, 2.24) is 10.3 Å². The first-order valence-corrected chi connectivity index (χ1v) is 12.4. The summed E-state index contributed by atoms with van der Waals surface area (Å²) in [6, 6.07) is 19.3. The van der Waals surface area contributed by atoms with E-state index in [0.717, 1.165) is 11.1 Å². The zero-order valence-electron chi connectivity index (χ0n) is 21.3. The summed E-state index contributed by atoms with van der Waals surface area (Å²) in [6.07, 6.45) is 1.60. The molecular weight excluding hydrogens is 488 g/mol. The minimum atomic E-state index is -1.22. The van der Waals surface area contributed by atoms with E-state index in [-0.39, 0.29) is 24.7 Å². The van der Waals surface area contributed by atoms with Crippen LogP contribution >= 0.6 is 0 Å². The quantitative estimate of drug-likeness (QED) is 0.451. The van der Waals surface area contributed by atoms with Crippen LogP contribution in [-0.4, -0.2) is 48.7 Å². The first-order valence-electron chi connectivity index (χ1n) is 12.4. The minimum Gasteiger partial charge on any atom is -0.493 e. The fourth-order valence-electron chi connectivity index (χ4n) is 4.19. The van der Waals surface area contributed by atoms with Crippen LogP contribution in [0.25, 0.3) is 0 Å². The number of rotatable bonds is 8. The molecule has 0 spiro atoms. The Hall–Kier alpha value is -4.40. The lowest BCUT2D eigenvalue weighted by Gasteiger charge is -2.19. The fraction of sp³-hybridized carbons (Fsp3) is 0.310. The van der Waals surface area contributed by atoms with Crippen molar-refractivity contribution in [3.05, 3.63) is 89.7 Å². The first kappa shape index (κ1) is 26.7. The van der Waals surface area contributed by atoms with Crippen LogP contribution in [0.4, 0.5) is 0 Å². The normalized spacial score (nSPS) is 19.7. The Morgan fingerprint density at radius 2 is 1.68 bits per heavy atom. The summed E-state index contributed by atoms with van der Waals surface area (Å²) in [5.74, 6) is -1.91. The molecule has 0 unspecified atom stereocenters. The van der Waals surface area contributed by atoms with Crippen LogP contribution in [0.2, 0.25) is 0 Å². The van der Waals surface area contributed by atoms with Crippen molar-refractivity contribution in [2.45, 2.75) is 38.5 Å². The molecule has 1 saturated heterocycles. The zero-order valence-corrected chi connectivity index (χ0v) is 21.3. The number of amides is 1. The molecular formula is C29H30N2O7. The molecule has 0 radical (unpaired) electrons. The van der Waals surface area contributed by atoms with Crippen LogP contribution in [0.3, 0.4) is 0 Å². The van der Waals surface area contributed by atoms with E-state index in [2.05, 4.69) is 10.3 Å². The average Bonchev–Trinajstić information content (AvgIpc) is 2.98. The molecule has 198 valence electrons. The number of carbonyl (C=O) groups is 3. The fourth-order valence-corrected chi connectivity index (χ4v) is 4.19. The highest BCUT2D eigenvalue weighted by Gasteiger charge is 2.33. The van der Waals surface area contributed by atoms with Crippen molar-refractivity contribution in [1.29, 1.82) is 0 Å². The van der Waals surface area contributed by atoms with E-state index in [0.29, 0.717) is 18.6 Å². The standard InChI is InChI=1S/C29H30N2O7/c1-19-15-22(16-20-9-5-3-6-10-20)28(33)37-18-23(29(34)38-19)31-27(32)25-26(24(35-2)13-14-30-25)36-17-21-11-7-4-8-12-21/h3-14,19,22-23H,15-18H2,1-2H3,(H,31,32)/t19-,22+,23-/m0/s1. The number of esters is 2. The Morgan fingerprint density at radius 1 is 1.00 bits per heavy atom. The lowest BCUT2D eigenvalue weighted by Crippen LogP contribution is -2.46. The van der Waals surface area contributed by atoms with Crippen LogP contribution in [0, 0.1) is 5.92 Å². The Labute approximate surface area is 221 Å². The topological polar surface area (TPSA) is 113 Å². The number of methoxy groups -OCH3 is 1. The van der Waals surface area contributed by atoms with Crippen LogP contribution < -0.4 is 14.8 Å². The second-order valence-corrected chi connectivity index (χ2v) is 8.99. The van der Waals surface area contributed by atoms with Gasteiger partial charge in [-0.1, -0.05) is 60.7 Å². The van der Waals surface area contributed by atoms with Crippen molar-refractivity contribution >= 4 is 17.8 Å². The summed E-state index contributed by atoms with van der Waals surface area (Å²) < 4.78 is 22.3. The molecule has 2 aromatic carbocycles. The number of cyclic esters (lactones) is 2. The summed E-state index contributed by atoms with van der Waals surface area (Å²) >= 11 is 0. The molecule has 3 atom stereocenters. The van der Waals surface area contributed by atoms with Gasteiger partial charge in [0, 0.05) is 12.3 Å². The molecule has 1 aromatic heterocycles. The molecule has 2 heterocycles. The van der Waals surface area contributed by atoms with Gasteiger partial charge in [0.15, 0.2) is 23.2 Å². The van der Waals surface area contributed by atoms with Crippen LogP contribution in [-0.2, 0) is 32.1 Å². The van der Waals surface area contributed by atoms with E-state index in [1.165, 1.54) is 13.3 Å². The van der Waals surface area contributed by atoms with Crippen LogP contribution in [0.15, 0.2) is 72.9 Å². The summed E-state index contributed by atoms with van der Waals surface area (Å²) in [4.78, 5) is 43.2. The van der Waals surface area contributed by atoms with Crippen molar-refractivity contribution in [2.75, 3.05) is 13.7 Å². The second kappa shape index (κ2) is 12.7. The van der Waals surface area contributed by atoms with Gasteiger partial charge in [-0.05, 0) is 30.9 Å². The molecule has 0 bridgehead atoms. The van der Waals surface area contributed by atoms with E-state index < -0.39 is 35.9 Å². The van der Waals surface area contributed by atoms with E-state index >= 15 is 0 Å². The second-order valence-electron chi connectivity index (χ2n) is 8.99. The van der Waals surface area contributed by atoms with Gasteiger partial charge in [-0.15, -0.1) is 0 Å². The third-order valence-corrected chi connectivity index (χ3v) is 6.10. The number of ether oxygens (including phenoxy) is 4. The molecule has 1 amide bonds. The number of hydrogen-bond acceptors (Lipinski definition) is 8. The summed E-state index contributed by atoms with van der Waals surface area (Å²) in [6.45, 7) is 1.52. The van der Waals surface area contributed by atoms with Gasteiger partial charge < -0.3 is 24.3 Å². The number of hydrogen-bond donors (Lipinski definition) is 1. The van der Waals surface area contributed by atoms with Crippen LogP contribution in [0.5, 0.6) is 11.5 Å². The van der Waals surface area contributed by atoms with Gasteiger partial charge in [-0.25, -0.2) is 9.78 Å².